The smallest absolute Gasteiger partial charge is 0.305 e. The Morgan fingerprint density at radius 3 is 1.42 bits per heavy atom. The van der Waals surface area contributed by atoms with Crippen LogP contribution in [0.4, 0.5) is 0 Å². The summed E-state index contributed by atoms with van der Waals surface area (Å²) in [5.74, 6) is -0.184. The summed E-state index contributed by atoms with van der Waals surface area (Å²) in [7, 11) is 0. The molecule has 0 aliphatic heterocycles. The van der Waals surface area contributed by atoms with E-state index in [1.165, 1.54) is 128 Å². The number of carbonyl (C=O) groups excluding carboxylic acids is 2. The van der Waals surface area contributed by atoms with E-state index < -0.39 is 12.1 Å². The third-order valence-corrected chi connectivity index (χ3v) is 10.8. The van der Waals surface area contributed by atoms with Crippen molar-refractivity contribution in [3.05, 3.63) is 48.6 Å². The first-order valence-electron chi connectivity index (χ1n) is 24.4. The third-order valence-electron chi connectivity index (χ3n) is 10.8. The average Bonchev–Trinajstić information content (AvgIpc) is 3.21. The molecule has 2 unspecified atom stereocenters. The molecule has 0 aliphatic carbocycles. The second kappa shape index (κ2) is 46.5. The van der Waals surface area contributed by atoms with Crippen LogP contribution in [0.15, 0.2) is 48.6 Å². The van der Waals surface area contributed by atoms with E-state index in [1.54, 1.807) is 6.08 Å². The van der Waals surface area contributed by atoms with Gasteiger partial charge in [0.2, 0.25) is 5.91 Å². The zero-order valence-electron chi connectivity index (χ0n) is 37.6. The molecule has 0 aromatic rings. The Bertz CT molecular complexity index is 973. The predicted octanol–water partition coefficient (Wildman–Crippen LogP) is 14.3. The summed E-state index contributed by atoms with van der Waals surface area (Å²) >= 11 is 0. The predicted molar refractivity (Wildman–Crippen MR) is 245 cm³/mol. The number of nitrogens with one attached hydrogen (secondary N) is 1. The van der Waals surface area contributed by atoms with Crippen molar-refractivity contribution in [2.24, 2.45) is 0 Å². The molecule has 0 aliphatic rings. The van der Waals surface area contributed by atoms with Crippen molar-refractivity contribution >= 4 is 11.9 Å². The summed E-state index contributed by atoms with van der Waals surface area (Å²) in [6.07, 6.45) is 56.8. The summed E-state index contributed by atoms with van der Waals surface area (Å²) in [6.45, 7) is 4.76. The Hall–Kier alpha value is -2.18. The van der Waals surface area contributed by atoms with E-state index in [1.807, 2.05) is 6.08 Å². The van der Waals surface area contributed by atoms with Gasteiger partial charge in [-0.1, -0.05) is 191 Å². The average molecular weight is 800 g/mol. The topological polar surface area (TPSA) is 95.9 Å². The van der Waals surface area contributed by atoms with Crippen LogP contribution in [0.25, 0.3) is 0 Å². The highest BCUT2D eigenvalue weighted by atomic mass is 16.5. The number of rotatable bonds is 44. The molecule has 0 radical (unpaired) electrons. The van der Waals surface area contributed by atoms with Crippen molar-refractivity contribution in [3.63, 3.8) is 0 Å². The molecule has 2 atom stereocenters. The van der Waals surface area contributed by atoms with Gasteiger partial charge in [-0.15, -0.1) is 0 Å². The van der Waals surface area contributed by atoms with E-state index in [4.69, 9.17) is 4.74 Å². The lowest BCUT2D eigenvalue weighted by atomic mass is 10.0. The minimum Gasteiger partial charge on any atom is -0.466 e. The van der Waals surface area contributed by atoms with Gasteiger partial charge in [-0.05, 0) is 83.5 Å². The molecule has 0 saturated carbocycles. The van der Waals surface area contributed by atoms with Crippen LogP contribution in [0.1, 0.15) is 239 Å². The van der Waals surface area contributed by atoms with Crippen molar-refractivity contribution in [2.75, 3.05) is 13.2 Å². The Morgan fingerprint density at radius 1 is 0.491 bits per heavy atom. The lowest BCUT2D eigenvalue weighted by Crippen LogP contribution is -2.45. The standard InChI is InChI=1S/C51H93NO5/c1-3-5-7-9-11-13-15-17-19-21-22-24-27-31-35-39-43-49(54)48(47-53)52-50(55)44-40-36-32-28-26-30-34-38-42-46-57-51(56)45-41-37-33-29-25-23-20-18-16-14-12-10-8-6-4-2/h12,14,18,20,28,32,39,43,48-49,53-54H,3-11,13,15-17,19,21-27,29-31,33-38,40-42,44-47H2,1-2H3,(H,52,55)/b14-12-,20-18-,32-28-,43-39+. The van der Waals surface area contributed by atoms with E-state index in [9.17, 15) is 19.8 Å². The first-order valence-corrected chi connectivity index (χ1v) is 24.4. The van der Waals surface area contributed by atoms with Gasteiger partial charge in [-0.2, -0.15) is 0 Å². The molecule has 1 amide bonds. The number of hydrogen-bond donors (Lipinski definition) is 3. The van der Waals surface area contributed by atoms with Gasteiger partial charge in [0.05, 0.1) is 25.4 Å². The molecular formula is C51H93NO5. The number of ether oxygens (including phenoxy) is 1. The van der Waals surface area contributed by atoms with Crippen LogP contribution < -0.4 is 5.32 Å². The number of aliphatic hydroxyl groups excluding tert-OH is 2. The van der Waals surface area contributed by atoms with Crippen molar-refractivity contribution in [2.45, 2.75) is 251 Å². The maximum absolute atomic E-state index is 12.4. The fraction of sp³-hybridized carbons (Fsp3) is 0.804. The van der Waals surface area contributed by atoms with Crippen LogP contribution in [-0.2, 0) is 14.3 Å². The van der Waals surface area contributed by atoms with Crippen molar-refractivity contribution in [1.29, 1.82) is 0 Å². The molecule has 0 rings (SSSR count). The molecule has 0 fully saturated rings. The molecule has 0 saturated heterocycles. The largest absolute Gasteiger partial charge is 0.466 e. The zero-order valence-corrected chi connectivity index (χ0v) is 37.6. The highest BCUT2D eigenvalue weighted by Crippen LogP contribution is 2.14. The van der Waals surface area contributed by atoms with E-state index in [0.29, 0.717) is 19.4 Å². The first-order chi connectivity index (χ1) is 28.0. The summed E-state index contributed by atoms with van der Waals surface area (Å²) < 4.78 is 5.42. The maximum Gasteiger partial charge on any atom is 0.305 e. The Labute approximate surface area is 353 Å². The van der Waals surface area contributed by atoms with Crippen molar-refractivity contribution in [3.8, 4) is 0 Å². The zero-order chi connectivity index (χ0) is 41.5. The molecule has 6 heteroatoms. The van der Waals surface area contributed by atoms with E-state index >= 15 is 0 Å². The maximum atomic E-state index is 12.4. The third kappa shape index (κ3) is 43.2. The molecule has 6 nitrogen and oxygen atoms in total. The quantitative estimate of drug-likeness (QED) is 0.0324. The Morgan fingerprint density at radius 2 is 0.895 bits per heavy atom. The fourth-order valence-electron chi connectivity index (χ4n) is 7.02. The fourth-order valence-corrected chi connectivity index (χ4v) is 7.02. The van der Waals surface area contributed by atoms with Gasteiger partial charge >= 0.3 is 5.97 Å². The number of esters is 1. The molecule has 332 valence electrons. The molecule has 57 heavy (non-hydrogen) atoms. The molecule has 0 spiro atoms. The SMILES string of the molecule is CCCCC/C=C\C/C=C\CCCCCCCC(=O)OCCCCCC/C=C\CCCC(=O)NC(CO)C(O)/C=C/CCCCCCCCCCCCCCCC. The van der Waals surface area contributed by atoms with E-state index in [0.717, 1.165) is 83.5 Å². The number of carbonyl (C=O) groups is 2. The minimum absolute atomic E-state index is 0.0530. The highest BCUT2D eigenvalue weighted by Gasteiger charge is 2.17. The number of allylic oxidation sites excluding steroid dienone is 7. The van der Waals surface area contributed by atoms with Crippen molar-refractivity contribution < 1.29 is 24.5 Å². The second-order valence-electron chi connectivity index (χ2n) is 16.4. The van der Waals surface area contributed by atoms with E-state index in [-0.39, 0.29) is 18.5 Å². The number of unbranched alkanes of at least 4 members (excludes halogenated alkanes) is 27. The molecule has 0 heterocycles. The van der Waals surface area contributed by atoms with Gasteiger partial charge in [-0.25, -0.2) is 0 Å². The summed E-state index contributed by atoms with van der Waals surface area (Å²) in [5, 5.41) is 23.0. The number of amides is 1. The van der Waals surface area contributed by atoms with Gasteiger partial charge in [0.1, 0.15) is 0 Å². The van der Waals surface area contributed by atoms with Crippen LogP contribution >= 0.6 is 0 Å². The number of hydrogen-bond acceptors (Lipinski definition) is 5. The monoisotopic (exact) mass is 800 g/mol. The summed E-state index contributed by atoms with van der Waals surface area (Å²) in [4.78, 5) is 24.4. The van der Waals surface area contributed by atoms with Crippen LogP contribution in [-0.4, -0.2) is 47.4 Å². The van der Waals surface area contributed by atoms with Gasteiger partial charge < -0.3 is 20.3 Å². The molecule has 3 N–H and O–H groups in total. The van der Waals surface area contributed by atoms with Crippen LogP contribution in [0.5, 0.6) is 0 Å². The molecule has 0 aromatic carbocycles. The van der Waals surface area contributed by atoms with Gasteiger partial charge in [0.25, 0.3) is 0 Å². The Balaban J connectivity index is 3.61. The van der Waals surface area contributed by atoms with Gasteiger partial charge in [0, 0.05) is 12.8 Å². The summed E-state index contributed by atoms with van der Waals surface area (Å²) in [6, 6.07) is -0.667. The first kappa shape index (κ1) is 54.8. The van der Waals surface area contributed by atoms with Crippen LogP contribution in [0.2, 0.25) is 0 Å². The lowest BCUT2D eigenvalue weighted by molar-refractivity contribution is -0.143. The second-order valence-corrected chi connectivity index (χ2v) is 16.4. The molecular weight excluding hydrogens is 707 g/mol. The molecule has 0 bridgehead atoms. The molecule has 0 aromatic heterocycles. The normalized spacial score (nSPS) is 13.1. The van der Waals surface area contributed by atoms with E-state index in [2.05, 4.69) is 55.6 Å². The summed E-state index contributed by atoms with van der Waals surface area (Å²) in [5.41, 5.74) is 0. The minimum atomic E-state index is -0.877. The van der Waals surface area contributed by atoms with Gasteiger partial charge in [0.15, 0.2) is 0 Å². The van der Waals surface area contributed by atoms with Crippen molar-refractivity contribution in [1.82, 2.24) is 5.32 Å². The van der Waals surface area contributed by atoms with Crippen LogP contribution in [0.3, 0.4) is 0 Å². The Kier molecular flexibility index (Phi) is 44.7. The van der Waals surface area contributed by atoms with Crippen LogP contribution in [0, 0.1) is 0 Å². The lowest BCUT2D eigenvalue weighted by Gasteiger charge is -2.19. The van der Waals surface area contributed by atoms with Gasteiger partial charge in [-0.3, -0.25) is 9.59 Å². The highest BCUT2D eigenvalue weighted by molar-refractivity contribution is 5.76. The number of aliphatic hydroxyl groups is 2.